The van der Waals surface area contributed by atoms with Crippen molar-refractivity contribution in [3.05, 3.63) is 12.2 Å². The van der Waals surface area contributed by atoms with E-state index in [1.807, 2.05) is 0 Å². The van der Waals surface area contributed by atoms with Crippen molar-refractivity contribution in [2.75, 3.05) is 26.3 Å². The quantitative estimate of drug-likeness (QED) is 0.519. The summed E-state index contributed by atoms with van der Waals surface area (Å²) in [5, 5.41) is 0. The maximum atomic E-state index is 5.84. The van der Waals surface area contributed by atoms with Crippen LogP contribution in [0.25, 0.3) is 0 Å². The van der Waals surface area contributed by atoms with Gasteiger partial charge in [0.15, 0.2) is 0 Å². The molecule has 1 aliphatic heterocycles. The second-order valence-corrected chi connectivity index (χ2v) is 10.5. The summed E-state index contributed by atoms with van der Waals surface area (Å²) < 4.78 is 11.5. The fourth-order valence-corrected chi connectivity index (χ4v) is 3.71. The predicted molar refractivity (Wildman–Crippen MR) is 59.6 cm³/mol. The van der Waals surface area contributed by atoms with Gasteiger partial charge in [-0.05, 0) is 0 Å². The predicted octanol–water partition coefficient (Wildman–Crippen LogP) is 3.03. The van der Waals surface area contributed by atoms with Gasteiger partial charge in [0.2, 0.25) is 0 Å². The van der Waals surface area contributed by atoms with E-state index in [0.717, 1.165) is 12.6 Å². The summed E-state index contributed by atoms with van der Waals surface area (Å²) in [6.45, 7) is 7.30. The van der Waals surface area contributed by atoms with Crippen molar-refractivity contribution in [3.8, 4) is 0 Å². The Balaban J connectivity index is 2.79. The molecule has 0 amide bonds. The molecule has 1 rings (SSSR count). The van der Waals surface area contributed by atoms with E-state index in [2.05, 4.69) is 39.3 Å². The molecule has 3 heteroatoms. The van der Waals surface area contributed by atoms with Crippen LogP contribution in [0.3, 0.4) is 0 Å². The van der Waals surface area contributed by atoms with Crippen LogP contribution >= 0.6 is 6.83 Å². The van der Waals surface area contributed by atoms with Crippen LogP contribution < -0.4 is 0 Å². The van der Waals surface area contributed by atoms with Crippen molar-refractivity contribution in [1.82, 2.24) is 0 Å². The van der Waals surface area contributed by atoms with Gasteiger partial charge in [-0.25, -0.2) is 0 Å². The molecule has 1 unspecified atom stereocenters. The molecule has 2 nitrogen and oxygen atoms in total. The molecule has 1 atom stereocenters. The molecule has 0 aromatic heterocycles. The van der Waals surface area contributed by atoms with Crippen molar-refractivity contribution in [2.45, 2.75) is 26.1 Å². The first-order chi connectivity index (χ1) is 6.02. The summed E-state index contributed by atoms with van der Waals surface area (Å²) >= 11 is 0. The van der Waals surface area contributed by atoms with E-state index in [9.17, 15) is 0 Å². The SMILES string of the molecule is CC/C=C\C1OCOP1(C)(C)CC. The van der Waals surface area contributed by atoms with Gasteiger partial charge < -0.3 is 0 Å². The van der Waals surface area contributed by atoms with E-state index in [1.165, 1.54) is 0 Å². The Bertz CT molecular complexity index is 211. The molecular weight excluding hydrogens is 183 g/mol. The molecule has 0 radical (unpaired) electrons. The molecule has 1 aliphatic rings. The van der Waals surface area contributed by atoms with E-state index in [0.29, 0.717) is 6.79 Å². The average molecular weight is 204 g/mol. The van der Waals surface area contributed by atoms with Crippen molar-refractivity contribution in [3.63, 3.8) is 0 Å². The molecule has 0 spiro atoms. The van der Waals surface area contributed by atoms with Crippen LogP contribution in [-0.4, -0.2) is 32.1 Å². The van der Waals surface area contributed by atoms with Gasteiger partial charge in [0.05, 0.1) is 0 Å². The minimum atomic E-state index is -2.00. The van der Waals surface area contributed by atoms with Crippen molar-refractivity contribution in [2.24, 2.45) is 0 Å². The van der Waals surface area contributed by atoms with E-state index >= 15 is 0 Å². The van der Waals surface area contributed by atoms with Gasteiger partial charge in [-0.3, -0.25) is 0 Å². The summed E-state index contributed by atoms with van der Waals surface area (Å²) in [5.74, 6) is 0.218. The van der Waals surface area contributed by atoms with Gasteiger partial charge in [-0.1, -0.05) is 0 Å². The zero-order valence-corrected chi connectivity index (χ0v) is 10.0. The molecule has 1 saturated heterocycles. The molecule has 0 N–H and O–H groups in total. The number of hydrogen-bond acceptors (Lipinski definition) is 2. The number of hydrogen-bond donors (Lipinski definition) is 0. The number of allylic oxidation sites excluding steroid dienone is 1. The van der Waals surface area contributed by atoms with Crippen LogP contribution in [-0.2, 0) is 9.26 Å². The monoisotopic (exact) mass is 204 g/mol. The summed E-state index contributed by atoms with van der Waals surface area (Å²) in [6.07, 6.45) is 6.50. The molecule has 78 valence electrons. The fraction of sp³-hybridized carbons (Fsp3) is 0.800. The Labute approximate surface area is 81.3 Å². The fourth-order valence-electron chi connectivity index (χ4n) is 1.43. The Kier molecular flexibility index (Phi) is 3.16. The van der Waals surface area contributed by atoms with Gasteiger partial charge >= 0.3 is 80.6 Å². The summed E-state index contributed by atoms with van der Waals surface area (Å²) in [4.78, 5) is 0. The third kappa shape index (κ3) is 2.12. The van der Waals surface area contributed by atoms with Gasteiger partial charge in [-0.15, -0.1) is 0 Å². The van der Waals surface area contributed by atoms with Crippen LogP contribution in [0, 0.1) is 0 Å². The molecule has 0 aliphatic carbocycles. The number of rotatable bonds is 3. The topological polar surface area (TPSA) is 18.5 Å². The first-order valence-corrected chi connectivity index (χ1v) is 8.26. The van der Waals surface area contributed by atoms with Crippen LogP contribution in [0.4, 0.5) is 0 Å². The first-order valence-electron chi connectivity index (χ1n) is 4.95. The zero-order chi connectivity index (χ0) is 9.97. The maximum absolute atomic E-state index is 5.84. The van der Waals surface area contributed by atoms with E-state index in [1.54, 1.807) is 0 Å². The third-order valence-corrected chi connectivity index (χ3v) is 7.74. The molecule has 13 heavy (non-hydrogen) atoms. The van der Waals surface area contributed by atoms with Gasteiger partial charge in [-0.2, -0.15) is 0 Å². The third-order valence-electron chi connectivity index (χ3n) is 2.99. The van der Waals surface area contributed by atoms with Crippen molar-refractivity contribution >= 4 is 6.83 Å². The van der Waals surface area contributed by atoms with Crippen LogP contribution in [0.5, 0.6) is 0 Å². The molecule has 0 aromatic rings. The summed E-state index contributed by atoms with van der Waals surface area (Å²) in [5.41, 5.74) is 0. The molecule has 0 saturated carbocycles. The van der Waals surface area contributed by atoms with E-state index in [4.69, 9.17) is 9.26 Å². The normalized spacial score (nSPS) is 34.5. The second kappa shape index (κ2) is 3.68. The van der Waals surface area contributed by atoms with E-state index < -0.39 is 6.83 Å². The average Bonchev–Trinajstić information content (AvgIpc) is 2.40. The Morgan fingerprint density at radius 1 is 1.38 bits per heavy atom. The first kappa shape index (κ1) is 11.2. The van der Waals surface area contributed by atoms with Gasteiger partial charge in [0.25, 0.3) is 0 Å². The van der Waals surface area contributed by atoms with Gasteiger partial charge in [0.1, 0.15) is 0 Å². The molecule has 0 bridgehead atoms. The zero-order valence-electron chi connectivity index (χ0n) is 9.12. The van der Waals surface area contributed by atoms with Crippen LogP contribution in [0.15, 0.2) is 12.2 Å². The summed E-state index contributed by atoms with van der Waals surface area (Å²) in [7, 11) is 0. The summed E-state index contributed by atoms with van der Waals surface area (Å²) in [6, 6.07) is 0. The molecule has 1 heterocycles. The second-order valence-electron chi connectivity index (χ2n) is 4.34. The Morgan fingerprint density at radius 3 is 2.62 bits per heavy atom. The molecular formula is C10H21O2P. The van der Waals surface area contributed by atoms with Crippen LogP contribution in [0.2, 0.25) is 0 Å². The number of ether oxygens (including phenoxy) is 1. The van der Waals surface area contributed by atoms with Crippen molar-refractivity contribution in [1.29, 1.82) is 0 Å². The standard InChI is InChI=1S/C10H21O2P/c1-5-7-8-10-11-9-12-13(10,3,4)6-2/h7-8,10H,5-6,9H2,1-4H3/b8-7-. The Hall–Kier alpha value is 0.0900. The van der Waals surface area contributed by atoms with Crippen molar-refractivity contribution < 1.29 is 9.26 Å². The minimum absolute atomic E-state index is 0.218. The molecule has 0 aromatic carbocycles. The van der Waals surface area contributed by atoms with E-state index in [-0.39, 0.29) is 5.85 Å². The molecule has 1 fully saturated rings. The Morgan fingerprint density at radius 2 is 2.08 bits per heavy atom. The van der Waals surface area contributed by atoms with Gasteiger partial charge in [0, 0.05) is 0 Å². The van der Waals surface area contributed by atoms with Crippen LogP contribution in [0.1, 0.15) is 20.3 Å².